The van der Waals surface area contributed by atoms with Crippen molar-refractivity contribution in [1.29, 1.82) is 0 Å². The van der Waals surface area contributed by atoms with Crippen LogP contribution < -0.4 is 19.0 Å². The van der Waals surface area contributed by atoms with Crippen molar-refractivity contribution >= 4 is 40.2 Å². The summed E-state index contributed by atoms with van der Waals surface area (Å²) in [6, 6.07) is 9.11. The number of thiazole rings is 1. The highest BCUT2D eigenvalue weighted by Crippen LogP contribution is 2.41. The van der Waals surface area contributed by atoms with E-state index in [0.717, 1.165) is 21.7 Å². The normalized spacial score (nSPS) is 11.4. The Balaban J connectivity index is 2.18. The molecule has 152 valence electrons. The highest BCUT2D eigenvalue weighted by molar-refractivity contribution is 7.07. The molecule has 2 aromatic carbocycles. The molecule has 0 aliphatic rings. The Bertz CT molecular complexity index is 1080. The number of rotatable bonds is 7. The summed E-state index contributed by atoms with van der Waals surface area (Å²) in [5.74, 6) is 1.72. The van der Waals surface area contributed by atoms with Gasteiger partial charge in [0.05, 0.1) is 42.8 Å². The zero-order valence-corrected chi connectivity index (χ0v) is 18.6. The molecule has 29 heavy (non-hydrogen) atoms. The first-order valence-corrected chi connectivity index (χ1v) is 10.2. The Hall–Kier alpha value is -2.41. The molecule has 0 N–H and O–H groups in total. The van der Waals surface area contributed by atoms with Gasteiger partial charge in [-0.25, -0.2) is 4.99 Å². The predicted molar refractivity (Wildman–Crippen MR) is 119 cm³/mol. The number of hydrogen-bond acceptors (Lipinski definition) is 5. The first kappa shape index (κ1) is 21.3. The third kappa shape index (κ3) is 4.45. The van der Waals surface area contributed by atoms with E-state index in [2.05, 4.69) is 11.1 Å². The van der Waals surface area contributed by atoms with Gasteiger partial charge in [-0.3, -0.25) is 0 Å². The van der Waals surface area contributed by atoms with Crippen LogP contribution in [0.5, 0.6) is 17.2 Å². The average Bonchev–Trinajstić information content (AvgIpc) is 3.12. The molecule has 0 aliphatic carbocycles. The van der Waals surface area contributed by atoms with Gasteiger partial charge in [0.25, 0.3) is 0 Å². The Kier molecular flexibility index (Phi) is 6.90. The fourth-order valence-corrected chi connectivity index (χ4v) is 4.08. The van der Waals surface area contributed by atoms with Gasteiger partial charge in [0, 0.05) is 17.5 Å². The van der Waals surface area contributed by atoms with Crippen molar-refractivity contribution in [1.82, 2.24) is 4.57 Å². The lowest BCUT2D eigenvalue weighted by Gasteiger charge is -2.15. The summed E-state index contributed by atoms with van der Waals surface area (Å²) in [6.45, 7) is 4.45. The summed E-state index contributed by atoms with van der Waals surface area (Å²) in [5.41, 5.74) is 2.58. The second-order valence-electron chi connectivity index (χ2n) is 5.93. The second kappa shape index (κ2) is 9.39. The minimum atomic E-state index is 0.463. The highest BCUT2D eigenvalue weighted by Gasteiger charge is 2.16. The molecule has 0 aliphatic heterocycles. The fraction of sp³-hybridized carbons (Fsp3) is 0.190. The maximum absolute atomic E-state index is 6.13. The SMILES string of the molecule is C=CCn1c(-c2cc(OC)c(OC)c(OC)c2)csc1=Nc1ccc(Cl)c(Cl)c1. The molecule has 0 saturated carbocycles. The van der Waals surface area contributed by atoms with Gasteiger partial charge in [-0.15, -0.1) is 17.9 Å². The zero-order valence-electron chi connectivity index (χ0n) is 16.2. The van der Waals surface area contributed by atoms with E-state index in [1.54, 1.807) is 33.5 Å². The molecule has 1 heterocycles. The van der Waals surface area contributed by atoms with E-state index < -0.39 is 0 Å². The minimum absolute atomic E-state index is 0.463. The Morgan fingerprint density at radius 1 is 1.03 bits per heavy atom. The number of benzene rings is 2. The number of methoxy groups -OCH3 is 3. The maximum Gasteiger partial charge on any atom is 0.203 e. The molecule has 0 fully saturated rings. The lowest BCUT2D eigenvalue weighted by Crippen LogP contribution is -2.14. The van der Waals surface area contributed by atoms with Crippen LogP contribution in [-0.4, -0.2) is 25.9 Å². The number of aromatic nitrogens is 1. The van der Waals surface area contributed by atoms with Gasteiger partial charge in [0.15, 0.2) is 16.3 Å². The molecular formula is C21H20Cl2N2O3S. The lowest BCUT2D eigenvalue weighted by atomic mass is 10.1. The van der Waals surface area contributed by atoms with Gasteiger partial charge >= 0.3 is 0 Å². The third-order valence-electron chi connectivity index (χ3n) is 4.20. The van der Waals surface area contributed by atoms with Crippen LogP contribution in [0, 0.1) is 0 Å². The number of ether oxygens (including phenoxy) is 3. The molecule has 8 heteroatoms. The molecule has 5 nitrogen and oxygen atoms in total. The minimum Gasteiger partial charge on any atom is -0.493 e. The summed E-state index contributed by atoms with van der Waals surface area (Å²) in [5, 5.41) is 2.99. The van der Waals surface area contributed by atoms with Crippen molar-refractivity contribution in [3.8, 4) is 28.5 Å². The summed E-state index contributed by atoms with van der Waals surface area (Å²) < 4.78 is 18.4. The number of nitrogens with zero attached hydrogens (tertiary/aromatic N) is 2. The van der Waals surface area contributed by atoms with Crippen molar-refractivity contribution in [3.05, 3.63) is 63.2 Å². The molecule has 3 aromatic rings. The van der Waals surface area contributed by atoms with Crippen molar-refractivity contribution in [2.75, 3.05) is 21.3 Å². The Morgan fingerprint density at radius 3 is 2.28 bits per heavy atom. The van der Waals surface area contributed by atoms with E-state index in [0.29, 0.717) is 33.8 Å². The standard InChI is InChI=1S/C21H20Cl2N2O3S/c1-5-8-25-17(13-9-18(26-2)20(28-4)19(10-13)27-3)12-29-21(25)24-14-6-7-15(22)16(23)11-14/h5-7,9-12H,1,8H2,2-4H3. The predicted octanol–water partition coefficient (Wildman–Crippen LogP) is 5.97. The summed E-state index contributed by atoms with van der Waals surface area (Å²) in [7, 11) is 4.77. The molecule has 0 spiro atoms. The van der Waals surface area contributed by atoms with Crippen LogP contribution in [0.2, 0.25) is 10.0 Å². The van der Waals surface area contributed by atoms with Gasteiger partial charge in [-0.2, -0.15) is 0 Å². The maximum atomic E-state index is 6.13. The Labute approximate surface area is 183 Å². The topological polar surface area (TPSA) is 45.0 Å². The van der Waals surface area contributed by atoms with Crippen LogP contribution in [0.3, 0.4) is 0 Å². The van der Waals surface area contributed by atoms with Crippen molar-refractivity contribution in [2.45, 2.75) is 6.54 Å². The largest absolute Gasteiger partial charge is 0.493 e. The van der Waals surface area contributed by atoms with Crippen LogP contribution in [0.25, 0.3) is 11.3 Å². The molecule has 0 unspecified atom stereocenters. The molecule has 0 amide bonds. The van der Waals surface area contributed by atoms with Gasteiger partial charge in [0.1, 0.15) is 0 Å². The van der Waals surface area contributed by atoms with E-state index in [4.69, 9.17) is 42.4 Å². The summed E-state index contributed by atoms with van der Waals surface area (Å²) >= 11 is 13.6. The molecule has 0 bridgehead atoms. The quantitative estimate of drug-likeness (QED) is 0.416. The van der Waals surface area contributed by atoms with E-state index >= 15 is 0 Å². The van der Waals surface area contributed by atoms with Crippen LogP contribution >= 0.6 is 34.5 Å². The van der Waals surface area contributed by atoms with Crippen molar-refractivity contribution in [2.24, 2.45) is 4.99 Å². The first-order valence-electron chi connectivity index (χ1n) is 8.61. The van der Waals surface area contributed by atoms with Crippen LogP contribution in [0.4, 0.5) is 5.69 Å². The fourth-order valence-electron chi connectivity index (χ4n) is 2.85. The van der Waals surface area contributed by atoms with Crippen LogP contribution in [0.15, 0.2) is 53.4 Å². The molecule has 1 aromatic heterocycles. The highest BCUT2D eigenvalue weighted by atomic mass is 35.5. The number of halogens is 2. The van der Waals surface area contributed by atoms with E-state index in [1.807, 2.05) is 29.7 Å². The number of hydrogen-bond donors (Lipinski definition) is 0. The summed E-state index contributed by atoms with van der Waals surface area (Å²) in [6.07, 6.45) is 1.82. The monoisotopic (exact) mass is 450 g/mol. The van der Waals surface area contributed by atoms with Gasteiger partial charge < -0.3 is 18.8 Å². The number of allylic oxidation sites excluding steroid dienone is 1. The molecule has 0 atom stereocenters. The molecule has 3 rings (SSSR count). The Morgan fingerprint density at radius 2 is 1.72 bits per heavy atom. The molecule has 0 saturated heterocycles. The van der Waals surface area contributed by atoms with E-state index in [9.17, 15) is 0 Å². The van der Waals surface area contributed by atoms with E-state index in [-0.39, 0.29) is 0 Å². The zero-order chi connectivity index (χ0) is 21.0. The lowest BCUT2D eigenvalue weighted by molar-refractivity contribution is 0.324. The second-order valence-corrected chi connectivity index (χ2v) is 7.58. The molecular weight excluding hydrogens is 431 g/mol. The van der Waals surface area contributed by atoms with E-state index in [1.165, 1.54) is 11.3 Å². The first-order chi connectivity index (χ1) is 14.0. The summed E-state index contributed by atoms with van der Waals surface area (Å²) in [4.78, 5) is 5.53. The third-order valence-corrected chi connectivity index (χ3v) is 5.80. The van der Waals surface area contributed by atoms with Gasteiger partial charge in [-0.1, -0.05) is 29.3 Å². The smallest absolute Gasteiger partial charge is 0.203 e. The van der Waals surface area contributed by atoms with Gasteiger partial charge in [0.2, 0.25) is 5.75 Å². The van der Waals surface area contributed by atoms with Gasteiger partial charge in [-0.05, 0) is 30.3 Å². The van der Waals surface area contributed by atoms with Crippen molar-refractivity contribution < 1.29 is 14.2 Å². The van der Waals surface area contributed by atoms with Crippen LogP contribution in [0.1, 0.15) is 0 Å². The molecule has 0 radical (unpaired) electrons. The van der Waals surface area contributed by atoms with Crippen LogP contribution in [-0.2, 0) is 6.54 Å². The average molecular weight is 451 g/mol. The van der Waals surface area contributed by atoms with Crippen molar-refractivity contribution in [3.63, 3.8) is 0 Å².